The maximum absolute atomic E-state index is 11.2. The molecule has 13 heteroatoms. The van der Waals surface area contributed by atoms with Crippen LogP contribution in [0.5, 0.6) is 17.2 Å². The molecule has 0 aliphatic rings. The standard InChI is InChI=1S/C12H15NO9.C6H6O3/c13-7(21-10(18)5-2-8(14)15)1-4-11(19)22-12(20)6-3-9(16)17;7-4-1-5(8)3-6(9)2-4/h13H,1-6H2,(H,14,15)(H,16,17);1-3,7-9H. The molecule has 0 unspecified atom stereocenters. The second kappa shape index (κ2) is 13.9. The second-order valence-corrected chi connectivity index (χ2v) is 5.74. The number of rotatable bonds is 9. The molecule has 0 saturated heterocycles. The molecule has 0 heterocycles. The molecule has 0 radical (unpaired) electrons. The van der Waals surface area contributed by atoms with E-state index in [1.165, 1.54) is 0 Å². The number of phenolic OH excluding ortho intramolecular Hbond substituents is 3. The molecule has 0 aliphatic heterocycles. The summed E-state index contributed by atoms with van der Waals surface area (Å²) in [7, 11) is 0. The second-order valence-electron chi connectivity index (χ2n) is 5.74. The average Bonchev–Trinajstić information content (AvgIpc) is 2.62. The molecule has 0 spiro atoms. The summed E-state index contributed by atoms with van der Waals surface area (Å²) in [4.78, 5) is 53.7. The number of hydrogen-bond donors (Lipinski definition) is 6. The minimum absolute atomic E-state index is 0.146. The number of ether oxygens (including phenoxy) is 2. The summed E-state index contributed by atoms with van der Waals surface area (Å²) in [6.07, 6.45) is -2.50. The number of carboxylic acid groups (broad SMARTS) is 2. The first kappa shape index (κ1) is 26.8. The first-order valence-corrected chi connectivity index (χ1v) is 8.56. The van der Waals surface area contributed by atoms with Crippen molar-refractivity contribution in [1.29, 1.82) is 5.41 Å². The fourth-order valence-corrected chi connectivity index (χ4v) is 1.68. The topological polar surface area (TPSA) is 229 Å². The largest absolute Gasteiger partial charge is 0.508 e. The summed E-state index contributed by atoms with van der Waals surface area (Å²) >= 11 is 0. The van der Waals surface area contributed by atoms with E-state index >= 15 is 0 Å². The molecule has 0 saturated carbocycles. The van der Waals surface area contributed by atoms with Crippen molar-refractivity contribution in [2.75, 3.05) is 0 Å². The van der Waals surface area contributed by atoms with Crippen molar-refractivity contribution >= 4 is 35.7 Å². The van der Waals surface area contributed by atoms with E-state index in [1.54, 1.807) is 0 Å². The van der Waals surface area contributed by atoms with Crippen LogP contribution < -0.4 is 0 Å². The van der Waals surface area contributed by atoms with E-state index in [1.807, 2.05) is 0 Å². The van der Waals surface area contributed by atoms with Gasteiger partial charge in [-0.1, -0.05) is 0 Å². The number of carboxylic acids is 2. The maximum Gasteiger partial charge on any atom is 0.314 e. The molecule has 1 aromatic rings. The van der Waals surface area contributed by atoms with Crippen molar-refractivity contribution in [3.63, 3.8) is 0 Å². The summed E-state index contributed by atoms with van der Waals surface area (Å²) < 4.78 is 8.72. The summed E-state index contributed by atoms with van der Waals surface area (Å²) in [5.41, 5.74) is 0. The fraction of sp³-hybridized carbons (Fsp3) is 0.333. The van der Waals surface area contributed by atoms with Gasteiger partial charge < -0.3 is 35.0 Å². The zero-order chi connectivity index (χ0) is 24.0. The van der Waals surface area contributed by atoms with Crippen LogP contribution in [0.25, 0.3) is 0 Å². The third-order valence-corrected chi connectivity index (χ3v) is 2.99. The number of nitrogens with one attached hydrogen (secondary N) is 1. The highest BCUT2D eigenvalue weighted by Gasteiger charge is 2.15. The van der Waals surface area contributed by atoms with Crippen LogP contribution in [0.4, 0.5) is 0 Å². The molecule has 6 N–H and O–H groups in total. The van der Waals surface area contributed by atoms with Gasteiger partial charge >= 0.3 is 29.8 Å². The van der Waals surface area contributed by atoms with Crippen LogP contribution in [0, 0.1) is 5.41 Å². The maximum atomic E-state index is 11.2. The Morgan fingerprint density at radius 1 is 0.613 bits per heavy atom. The van der Waals surface area contributed by atoms with Crippen LogP contribution in [0.3, 0.4) is 0 Å². The molecule has 170 valence electrons. The number of benzene rings is 1. The molecular weight excluding hydrogens is 422 g/mol. The summed E-state index contributed by atoms with van der Waals surface area (Å²) in [6, 6.07) is 3.42. The van der Waals surface area contributed by atoms with Crippen molar-refractivity contribution < 1.29 is 59.0 Å². The van der Waals surface area contributed by atoms with E-state index in [4.69, 9.17) is 30.9 Å². The molecule has 0 aromatic heterocycles. The Balaban J connectivity index is 0.000000823. The van der Waals surface area contributed by atoms with Crippen LogP contribution in [-0.2, 0) is 33.4 Å². The summed E-state index contributed by atoms with van der Waals surface area (Å²) in [5.74, 6) is -6.30. The zero-order valence-corrected chi connectivity index (χ0v) is 16.1. The molecule has 0 bridgehead atoms. The van der Waals surface area contributed by atoms with Gasteiger partial charge in [0.15, 0.2) is 5.90 Å². The minimum atomic E-state index is -1.21. The predicted molar refractivity (Wildman–Crippen MR) is 99.3 cm³/mol. The van der Waals surface area contributed by atoms with Gasteiger partial charge in [0.05, 0.1) is 32.1 Å². The molecule has 1 rings (SSSR count). The molecular formula is C18H21NO12. The van der Waals surface area contributed by atoms with Gasteiger partial charge in [-0.05, 0) is 0 Å². The summed E-state index contributed by atoms with van der Waals surface area (Å²) in [5, 5.41) is 50.0. The lowest BCUT2D eigenvalue weighted by molar-refractivity contribution is -0.161. The number of esters is 3. The molecule has 0 amide bonds. The normalized spacial score (nSPS) is 9.55. The Kier molecular flexibility index (Phi) is 12.1. The number of carbonyl (C=O) groups is 5. The molecule has 13 nitrogen and oxygen atoms in total. The molecule has 1 aromatic carbocycles. The Hall–Kier alpha value is -4.16. The van der Waals surface area contributed by atoms with Crippen molar-refractivity contribution in [2.24, 2.45) is 0 Å². The lowest BCUT2D eigenvalue weighted by Gasteiger charge is -2.05. The summed E-state index contributed by atoms with van der Waals surface area (Å²) in [6.45, 7) is 0. The smallest absolute Gasteiger partial charge is 0.314 e. The zero-order valence-electron chi connectivity index (χ0n) is 16.1. The van der Waals surface area contributed by atoms with Gasteiger partial charge in [-0.25, -0.2) is 0 Å². The Labute approximate surface area is 175 Å². The van der Waals surface area contributed by atoms with E-state index in [9.17, 15) is 24.0 Å². The molecule has 0 aliphatic carbocycles. The SMILES string of the molecule is N=C(CCC(=O)OC(=O)CCC(=O)O)OC(=O)CCC(=O)O.Oc1cc(O)cc(O)c1. The van der Waals surface area contributed by atoms with Gasteiger partial charge in [0.1, 0.15) is 17.2 Å². The third kappa shape index (κ3) is 15.4. The van der Waals surface area contributed by atoms with Gasteiger partial charge in [-0.15, -0.1) is 0 Å². The van der Waals surface area contributed by atoms with E-state index in [0.29, 0.717) is 0 Å². The van der Waals surface area contributed by atoms with E-state index in [2.05, 4.69) is 9.47 Å². The Morgan fingerprint density at radius 3 is 1.29 bits per heavy atom. The van der Waals surface area contributed by atoms with Crippen molar-refractivity contribution in [2.45, 2.75) is 38.5 Å². The third-order valence-electron chi connectivity index (χ3n) is 2.99. The number of aromatic hydroxyl groups is 3. The number of carbonyl (C=O) groups excluding carboxylic acids is 3. The fourth-order valence-electron chi connectivity index (χ4n) is 1.68. The average molecular weight is 443 g/mol. The number of aliphatic carboxylic acids is 2. The van der Waals surface area contributed by atoms with Gasteiger partial charge in [0.2, 0.25) is 0 Å². The van der Waals surface area contributed by atoms with Gasteiger partial charge in [-0.2, -0.15) is 0 Å². The van der Waals surface area contributed by atoms with Crippen LogP contribution in [0.15, 0.2) is 18.2 Å². The Bertz CT molecular complexity index is 738. The van der Waals surface area contributed by atoms with E-state index in [-0.39, 0.29) is 23.7 Å². The minimum Gasteiger partial charge on any atom is -0.508 e. The van der Waals surface area contributed by atoms with Crippen LogP contribution >= 0.6 is 0 Å². The number of hydrogen-bond acceptors (Lipinski definition) is 11. The van der Waals surface area contributed by atoms with E-state index < -0.39 is 67.8 Å². The quantitative estimate of drug-likeness (QED) is 0.135. The lowest BCUT2D eigenvalue weighted by Crippen LogP contribution is -2.17. The first-order valence-electron chi connectivity index (χ1n) is 8.56. The highest BCUT2D eigenvalue weighted by Crippen LogP contribution is 2.23. The predicted octanol–water partition coefficient (Wildman–Crippen LogP) is 0.890. The van der Waals surface area contributed by atoms with Gasteiger partial charge in [0.25, 0.3) is 0 Å². The molecule has 0 atom stereocenters. The molecule has 31 heavy (non-hydrogen) atoms. The van der Waals surface area contributed by atoms with Crippen molar-refractivity contribution in [1.82, 2.24) is 0 Å². The number of phenols is 3. The van der Waals surface area contributed by atoms with Gasteiger partial charge in [-0.3, -0.25) is 29.4 Å². The monoisotopic (exact) mass is 443 g/mol. The van der Waals surface area contributed by atoms with E-state index in [0.717, 1.165) is 18.2 Å². The van der Waals surface area contributed by atoms with Crippen LogP contribution in [0.1, 0.15) is 38.5 Å². The van der Waals surface area contributed by atoms with Crippen LogP contribution in [-0.4, -0.2) is 61.3 Å². The lowest BCUT2D eigenvalue weighted by atomic mass is 10.3. The van der Waals surface area contributed by atoms with Crippen molar-refractivity contribution in [3.05, 3.63) is 18.2 Å². The highest BCUT2D eigenvalue weighted by molar-refractivity contribution is 5.91. The first-order chi connectivity index (χ1) is 14.4. The van der Waals surface area contributed by atoms with Crippen molar-refractivity contribution in [3.8, 4) is 17.2 Å². The Morgan fingerprint density at radius 2 is 0.935 bits per heavy atom. The van der Waals surface area contributed by atoms with Crippen LogP contribution in [0.2, 0.25) is 0 Å². The van der Waals surface area contributed by atoms with Gasteiger partial charge in [0, 0.05) is 24.6 Å². The highest BCUT2D eigenvalue weighted by atomic mass is 16.6. The molecule has 0 fully saturated rings.